The van der Waals surface area contributed by atoms with Crippen LogP contribution in [0.25, 0.3) is 0 Å². The molecule has 5 heteroatoms. The van der Waals surface area contributed by atoms with E-state index >= 15 is 0 Å². The number of nitrogens with zero attached hydrogens (tertiary/aromatic N) is 1. The van der Waals surface area contributed by atoms with Crippen molar-refractivity contribution >= 4 is 5.97 Å². The van der Waals surface area contributed by atoms with Crippen molar-refractivity contribution < 1.29 is 19.4 Å². The van der Waals surface area contributed by atoms with E-state index in [1.54, 1.807) is 0 Å². The van der Waals surface area contributed by atoms with Crippen molar-refractivity contribution in [3.8, 4) is 11.5 Å². The molecule has 2 rings (SSSR count). The summed E-state index contributed by atoms with van der Waals surface area (Å²) in [5.41, 5.74) is 0.976. The quantitative estimate of drug-likeness (QED) is 0.864. The summed E-state index contributed by atoms with van der Waals surface area (Å²) in [4.78, 5) is 13.0. The van der Waals surface area contributed by atoms with Gasteiger partial charge in [-0.3, -0.25) is 9.69 Å². The molecule has 1 aromatic carbocycles. The molecule has 1 unspecified atom stereocenters. The van der Waals surface area contributed by atoms with Gasteiger partial charge in [-0.1, -0.05) is 19.1 Å². The van der Waals surface area contributed by atoms with Crippen LogP contribution in [0.15, 0.2) is 18.2 Å². The molecule has 0 amide bonds. The molecular weight excluding hydrogens is 258 g/mol. The van der Waals surface area contributed by atoms with Crippen LogP contribution in [0.5, 0.6) is 11.5 Å². The lowest BCUT2D eigenvalue weighted by Gasteiger charge is -2.28. The molecular formula is C15H21NO4. The van der Waals surface area contributed by atoms with Crippen molar-refractivity contribution in [3.63, 3.8) is 0 Å². The summed E-state index contributed by atoms with van der Waals surface area (Å²) in [6.07, 6.45) is 0.902. The Labute approximate surface area is 119 Å². The van der Waals surface area contributed by atoms with E-state index in [1.807, 2.05) is 30.0 Å². The lowest BCUT2D eigenvalue weighted by molar-refractivity contribution is -0.139. The summed E-state index contributed by atoms with van der Waals surface area (Å²) < 4.78 is 11.2. The van der Waals surface area contributed by atoms with Gasteiger partial charge in [-0.25, -0.2) is 0 Å². The van der Waals surface area contributed by atoms with E-state index in [-0.39, 0.29) is 12.6 Å². The molecule has 5 nitrogen and oxygen atoms in total. The number of carbonyl (C=O) groups is 1. The van der Waals surface area contributed by atoms with Gasteiger partial charge in [0.05, 0.1) is 6.54 Å². The SMILES string of the molecule is CCC(C)N(CC(=O)O)Cc1cccc2c1OCCO2. The summed E-state index contributed by atoms with van der Waals surface area (Å²) in [7, 11) is 0. The van der Waals surface area contributed by atoms with Crippen LogP contribution in [0, 0.1) is 0 Å². The normalized spacial score (nSPS) is 15.2. The maximum Gasteiger partial charge on any atom is 0.317 e. The summed E-state index contributed by atoms with van der Waals surface area (Å²) in [6.45, 7) is 5.76. The van der Waals surface area contributed by atoms with Gasteiger partial charge in [0.1, 0.15) is 13.2 Å². The predicted molar refractivity (Wildman–Crippen MR) is 75.2 cm³/mol. The van der Waals surface area contributed by atoms with E-state index in [1.165, 1.54) is 0 Å². The molecule has 20 heavy (non-hydrogen) atoms. The average Bonchev–Trinajstić information content (AvgIpc) is 2.45. The highest BCUT2D eigenvalue weighted by atomic mass is 16.6. The molecule has 1 aromatic rings. The van der Waals surface area contributed by atoms with Gasteiger partial charge in [0, 0.05) is 18.2 Å². The fourth-order valence-corrected chi connectivity index (χ4v) is 2.28. The van der Waals surface area contributed by atoms with E-state index in [4.69, 9.17) is 14.6 Å². The third-order valence-corrected chi connectivity index (χ3v) is 3.57. The Morgan fingerprint density at radius 1 is 1.40 bits per heavy atom. The summed E-state index contributed by atoms with van der Waals surface area (Å²) in [5, 5.41) is 9.05. The van der Waals surface area contributed by atoms with Crippen LogP contribution < -0.4 is 9.47 Å². The second-order valence-electron chi connectivity index (χ2n) is 5.00. The second kappa shape index (κ2) is 6.61. The Kier molecular flexibility index (Phi) is 4.84. The largest absolute Gasteiger partial charge is 0.486 e. The van der Waals surface area contributed by atoms with E-state index in [0.29, 0.717) is 19.8 Å². The first-order valence-corrected chi connectivity index (χ1v) is 6.95. The van der Waals surface area contributed by atoms with Crippen molar-refractivity contribution in [1.82, 2.24) is 4.90 Å². The van der Waals surface area contributed by atoms with E-state index in [0.717, 1.165) is 23.5 Å². The molecule has 1 atom stereocenters. The molecule has 1 heterocycles. The Hall–Kier alpha value is -1.75. The molecule has 0 aromatic heterocycles. The zero-order chi connectivity index (χ0) is 14.5. The van der Waals surface area contributed by atoms with Crippen molar-refractivity contribution in [2.24, 2.45) is 0 Å². The molecule has 0 saturated carbocycles. The number of carboxylic acids is 1. The topological polar surface area (TPSA) is 59.0 Å². The lowest BCUT2D eigenvalue weighted by Crippen LogP contribution is -2.36. The minimum absolute atomic E-state index is 0.0273. The van der Waals surface area contributed by atoms with E-state index < -0.39 is 5.97 Å². The molecule has 0 radical (unpaired) electrons. The predicted octanol–water partition coefficient (Wildman–Crippen LogP) is 2.14. The Morgan fingerprint density at radius 3 is 2.85 bits per heavy atom. The van der Waals surface area contributed by atoms with Crippen LogP contribution in [-0.4, -0.2) is 41.8 Å². The van der Waals surface area contributed by atoms with Gasteiger partial charge in [-0.05, 0) is 19.4 Å². The smallest absolute Gasteiger partial charge is 0.317 e. The zero-order valence-electron chi connectivity index (χ0n) is 12.0. The molecule has 1 N–H and O–H groups in total. The minimum Gasteiger partial charge on any atom is -0.486 e. The van der Waals surface area contributed by atoms with Crippen molar-refractivity contribution in [1.29, 1.82) is 0 Å². The molecule has 0 bridgehead atoms. The van der Waals surface area contributed by atoms with Gasteiger partial charge in [0.25, 0.3) is 0 Å². The fraction of sp³-hybridized carbons (Fsp3) is 0.533. The van der Waals surface area contributed by atoms with Gasteiger partial charge in [-0.2, -0.15) is 0 Å². The van der Waals surface area contributed by atoms with Gasteiger partial charge in [0.15, 0.2) is 11.5 Å². The van der Waals surface area contributed by atoms with Crippen LogP contribution in [0.3, 0.4) is 0 Å². The van der Waals surface area contributed by atoms with E-state index in [2.05, 4.69) is 6.92 Å². The monoisotopic (exact) mass is 279 g/mol. The highest BCUT2D eigenvalue weighted by Gasteiger charge is 2.21. The van der Waals surface area contributed by atoms with Gasteiger partial charge in [0.2, 0.25) is 0 Å². The van der Waals surface area contributed by atoms with Gasteiger partial charge < -0.3 is 14.6 Å². The van der Waals surface area contributed by atoms with Crippen LogP contribution in [0.4, 0.5) is 0 Å². The number of ether oxygens (including phenoxy) is 2. The number of rotatable bonds is 6. The third kappa shape index (κ3) is 3.42. The Balaban J connectivity index is 2.19. The molecule has 1 aliphatic rings. The van der Waals surface area contributed by atoms with Crippen LogP contribution >= 0.6 is 0 Å². The standard InChI is InChI=1S/C15H21NO4/c1-3-11(2)16(10-14(17)18)9-12-5-4-6-13-15(12)20-8-7-19-13/h4-6,11H,3,7-10H2,1-2H3,(H,17,18). The van der Waals surface area contributed by atoms with Crippen LogP contribution in [0.1, 0.15) is 25.8 Å². The molecule has 0 fully saturated rings. The summed E-state index contributed by atoms with van der Waals surface area (Å²) >= 11 is 0. The number of carboxylic acid groups (broad SMARTS) is 1. The van der Waals surface area contributed by atoms with E-state index in [9.17, 15) is 4.79 Å². The molecule has 110 valence electrons. The summed E-state index contributed by atoms with van der Waals surface area (Å²) in [5.74, 6) is 0.679. The highest BCUT2D eigenvalue weighted by Crippen LogP contribution is 2.34. The number of aliphatic carboxylic acids is 1. The van der Waals surface area contributed by atoms with Gasteiger partial charge >= 0.3 is 5.97 Å². The van der Waals surface area contributed by atoms with Crippen LogP contribution in [-0.2, 0) is 11.3 Å². The fourth-order valence-electron chi connectivity index (χ4n) is 2.28. The lowest BCUT2D eigenvalue weighted by atomic mass is 10.1. The summed E-state index contributed by atoms with van der Waals surface area (Å²) in [6, 6.07) is 5.96. The number of benzene rings is 1. The first-order chi connectivity index (χ1) is 9.61. The number of para-hydroxylation sites is 1. The molecule has 0 aliphatic carbocycles. The highest BCUT2D eigenvalue weighted by molar-refractivity contribution is 5.69. The van der Waals surface area contributed by atoms with Crippen molar-refractivity contribution in [2.75, 3.05) is 19.8 Å². The van der Waals surface area contributed by atoms with Crippen molar-refractivity contribution in [2.45, 2.75) is 32.9 Å². The minimum atomic E-state index is -0.813. The Bertz CT molecular complexity index is 475. The number of fused-ring (bicyclic) bond motifs is 1. The molecule has 0 spiro atoms. The second-order valence-corrected chi connectivity index (χ2v) is 5.00. The first-order valence-electron chi connectivity index (χ1n) is 6.95. The molecule has 0 saturated heterocycles. The maximum atomic E-state index is 11.0. The zero-order valence-corrected chi connectivity index (χ0v) is 12.0. The molecule has 1 aliphatic heterocycles. The Morgan fingerprint density at radius 2 is 2.15 bits per heavy atom. The third-order valence-electron chi connectivity index (χ3n) is 3.57. The number of hydrogen-bond donors (Lipinski definition) is 1. The van der Waals surface area contributed by atoms with Crippen molar-refractivity contribution in [3.05, 3.63) is 23.8 Å². The average molecular weight is 279 g/mol. The first kappa shape index (κ1) is 14.7. The number of hydrogen-bond acceptors (Lipinski definition) is 4. The van der Waals surface area contributed by atoms with Gasteiger partial charge in [-0.15, -0.1) is 0 Å². The van der Waals surface area contributed by atoms with Crippen LogP contribution in [0.2, 0.25) is 0 Å². The maximum absolute atomic E-state index is 11.0.